The van der Waals surface area contributed by atoms with Crippen LogP contribution in [0.4, 0.5) is 0 Å². The first-order valence-electron chi connectivity index (χ1n) is 8.21. The Morgan fingerprint density at radius 1 is 1.00 bits per heavy atom. The smallest absolute Gasteiger partial charge is 0.374 e. The predicted molar refractivity (Wildman–Crippen MR) is 86.0 cm³/mol. The summed E-state index contributed by atoms with van der Waals surface area (Å²) < 4.78 is 23.3. The minimum atomic E-state index is -2.43. The number of fused-ring (bicyclic) bond motifs is 1. The zero-order valence-electron chi connectivity index (χ0n) is 13.8. The van der Waals surface area contributed by atoms with Crippen molar-refractivity contribution in [3.05, 3.63) is 13.2 Å². The zero-order valence-corrected chi connectivity index (χ0v) is 14.8. The van der Waals surface area contributed by atoms with Gasteiger partial charge in [0.2, 0.25) is 0 Å². The molecule has 2 rings (SSSR count). The summed E-state index contributed by atoms with van der Waals surface area (Å²) in [4.78, 5) is 0. The second kappa shape index (κ2) is 9.74. The Morgan fingerprint density at radius 2 is 1.57 bits per heavy atom. The molecule has 0 bridgehead atoms. The van der Waals surface area contributed by atoms with Gasteiger partial charge in [-0.15, -0.1) is 0 Å². The molecule has 1 heterocycles. The molecule has 0 N–H and O–H groups in total. The predicted octanol–water partition coefficient (Wildman–Crippen LogP) is 3.60. The Kier molecular flexibility index (Phi) is 8.74. The standard InChI is InChI=1S/C14H28O4Si.C2H3/c1-4-15-19(16-5-2,17-6-3)10-9-12-7-8-13-14(11-12)18-13;1-2/h12-14H,4-11H2,1-3H3;1H,2H2. The molecule has 3 unspecified atom stereocenters. The molecule has 21 heavy (non-hydrogen) atoms. The van der Waals surface area contributed by atoms with Crippen molar-refractivity contribution < 1.29 is 18.0 Å². The molecular formula is C16H31O4Si. The number of hydrogen-bond donors (Lipinski definition) is 0. The second-order valence-corrected chi connectivity index (χ2v) is 8.14. The van der Waals surface area contributed by atoms with Crippen LogP contribution < -0.4 is 0 Å². The van der Waals surface area contributed by atoms with Gasteiger partial charge in [0, 0.05) is 25.9 Å². The van der Waals surface area contributed by atoms with E-state index in [0.717, 1.165) is 18.4 Å². The van der Waals surface area contributed by atoms with Crippen LogP contribution in [0.5, 0.6) is 0 Å². The van der Waals surface area contributed by atoms with E-state index in [2.05, 4.69) is 13.2 Å². The molecule has 5 heteroatoms. The van der Waals surface area contributed by atoms with Crippen molar-refractivity contribution in [2.24, 2.45) is 5.92 Å². The van der Waals surface area contributed by atoms with E-state index >= 15 is 0 Å². The number of hydrogen-bond acceptors (Lipinski definition) is 4. The first-order valence-corrected chi connectivity index (χ1v) is 10.1. The van der Waals surface area contributed by atoms with Gasteiger partial charge >= 0.3 is 8.80 Å². The van der Waals surface area contributed by atoms with Gasteiger partial charge in [-0.25, -0.2) is 0 Å². The normalized spacial score (nSPS) is 27.5. The third-order valence-electron chi connectivity index (χ3n) is 4.06. The molecule has 3 atom stereocenters. The molecule has 0 aromatic carbocycles. The molecule has 1 aliphatic carbocycles. The molecular weight excluding hydrogens is 284 g/mol. The second-order valence-electron chi connectivity index (χ2n) is 5.41. The van der Waals surface area contributed by atoms with E-state index in [9.17, 15) is 0 Å². The van der Waals surface area contributed by atoms with E-state index < -0.39 is 8.80 Å². The maximum atomic E-state index is 5.90. The molecule has 0 aromatic rings. The number of epoxide rings is 1. The molecule has 0 amide bonds. The summed E-state index contributed by atoms with van der Waals surface area (Å²) >= 11 is 0. The maximum Gasteiger partial charge on any atom is 0.500 e. The lowest BCUT2D eigenvalue weighted by atomic mass is 9.88. The van der Waals surface area contributed by atoms with Gasteiger partial charge in [0.25, 0.3) is 0 Å². The summed E-state index contributed by atoms with van der Waals surface area (Å²) in [6.45, 7) is 15.1. The van der Waals surface area contributed by atoms with E-state index in [1.165, 1.54) is 19.3 Å². The van der Waals surface area contributed by atoms with Crippen LogP contribution in [0.2, 0.25) is 6.04 Å². The lowest BCUT2D eigenvalue weighted by Crippen LogP contribution is -2.46. The molecule has 123 valence electrons. The molecule has 1 aliphatic heterocycles. The summed E-state index contributed by atoms with van der Waals surface area (Å²) in [5.74, 6) is 0.761. The van der Waals surface area contributed by atoms with Crippen LogP contribution in [0.15, 0.2) is 6.58 Å². The molecule has 1 radical (unpaired) electrons. The van der Waals surface area contributed by atoms with Crippen LogP contribution in [-0.4, -0.2) is 40.8 Å². The van der Waals surface area contributed by atoms with Crippen LogP contribution >= 0.6 is 0 Å². The van der Waals surface area contributed by atoms with Gasteiger partial charge < -0.3 is 18.0 Å². The third-order valence-corrected chi connectivity index (χ3v) is 7.15. The molecule has 2 fully saturated rings. The summed E-state index contributed by atoms with van der Waals surface area (Å²) in [5, 5.41) is 0. The van der Waals surface area contributed by atoms with Gasteiger partial charge in [0.1, 0.15) is 0 Å². The van der Waals surface area contributed by atoms with Crippen molar-refractivity contribution in [3.63, 3.8) is 0 Å². The van der Waals surface area contributed by atoms with Crippen LogP contribution in [0.1, 0.15) is 46.5 Å². The average Bonchev–Trinajstić information content (AvgIpc) is 3.27. The summed E-state index contributed by atoms with van der Waals surface area (Å²) in [6.07, 6.45) is 6.04. The largest absolute Gasteiger partial charge is 0.500 e. The Hall–Kier alpha value is -0.203. The van der Waals surface area contributed by atoms with Gasteiger partial charge in [-0.1, -0.05) is 13.2 Å². The Bertz CT molecular complexity index is 270. The SMILES string of the molecule is CCO[Si](CCC1CCC2OC2C1)(OCC)OCC.[CH]=C. The summed E-state index contributed by atoms with van der Waals surface area (Å²) in [5.41, 5.74) is 0. The number of rotatable bonds is 9. The number of ether oxygens (including phenoxy) is 1. The summed E-state index contributed by atoms with van der Waals surface area (Å²) in [7, 11) is -2.43. The van der Waals surface area contributed by atoms with E-state index in [-0.39, 0.29) is 0 Å². The molecule has 1 saturated carbocycles. The van der Waals surface area contributed by atoms with E-state index in [4.69, 9.17) is 18.0 Å². The quantitative estimate of drug-likeness (QED) is 0.481. The van der Waals surface area contributed by atoms with Crippen LogP contribution in [-0.2, 0) is 18.0 Å². The summed E-state index contributed by atoms with van der Waals surface area (Å²) in [6, 6.07) is 0.949. The van der Waals surface area contributed by atoms with Crippen molar-refractivity contribution in [2.45, 2.75) is 64.7 Å². The fourth-order valence-electron chi connectivity index (χ4n) is 3.13. The molecule has 0 spiro atoms. The topological polar surface area (TPSA) is 40.2 Å². The monoisotopic (exact) mass is 315 g/mol. The van der Waals surface area contributed by atoms with Crippen molar-refractivity contribution >= 4 is 8.80 Å². The maximum absolute atomic E-state index is 5.90. The van der Waals surface area contributed by atoms with E-state index in [1.807, 2.05) is 20.8 Å². The van der Waals surface area contributed by atoms with Crippen molar-refractivity contribution in [1.82, 2.24) is 0 Å². The highest BCUT2D eigenvalue weighted by atomic mass is 28.4. The highest BCUT2D eigenvalue weighted by molar-refractivity contribution is 6.60. The lowest BCUT2D eigenvalue weighted by molar-refractivity contribution is 0.0691. The van der Waals surface area contributed by atoms with Gasteiger partial charge in [0.05, 0.1) is 12.2 Å². The van der Waals surface area contributed by atoms with Gasteiger partial charge in [0.15, 0.2) is 0 Å². The molecule has 0 aromatic heterocycles. The fraction of sp³-hybridized carbons (Fsp3) is 0.875. The first kappa shape index (κ1) is 18.8. The molecule has 4 nitrogen and oxygen atoms in total. The van der Waals surface area contributed by atoms with Crippen molar-refractivity contribution in [2.75, 3.05) is 19.8 Å². The lowest BCUT2D eigenvalue weighted by Gasteiger charge is -2.30. The zero-order chi connectivity index (χ0) is 15.7. The highest BCUT2D eigenvalue weighted by Gasteiger charge is 2.46. The molecule has 1 saturated heterocycles. The highest BCUT2D eigenvalue weighted by Crippen LogP contribution is 2.41. The van der Waals surface area contributed by atoms with E-state index in [1.54, 1.807) is 0 Å². The minimum absolute atomic E-state index is 0.557. The average molecular weight is 316 g/mol. The van der Waals surface area contributed by atoms with Gasteiger partial charge in [-0.05, 0) is 52.4 Å². The van der Waals surface area contributed by atoms with Crippen molar-refractivity contribution in [1.29, 1.82) is 0 Å². The van der Waals surface area contributed by atoms with Crippen LogP contribution in [0.25, 0.3) is 0 Å². The van der Waals surface area contributed by atoms with Crippen molar-refractivity contribution in [3.8, 4) is 0 Å². The Labute approximate surface area is 131 Å². The van der Waals surface area contributed by atoms with Crippen LogP contribution in [0, 0.1) is 12.5 Å². The van der Waals surface area contributed by atoms with Crippen LogP contribution in [0.3, 0.4) is 0 Å². The first-order chi connectivity index (χ1) is 10.2. The van der Waals surface area contributed by atoms with Gasteiger partial charge in [-0.3, -0.25) is 0 Å². The fourth-order valence-corrected chi connectivity index (χ4v) is 5.90. The Morgan fingerprint density at radius 3 is 2.05 bits per heavy atom. The van der Waals surface area contributed by atoms with E-state index in [0.29, 0.717) is 32.0 Å². The third kappa shape index (κ3) is 5.83. The molecule has 2 aliphatic rings. The van der Waals surface area contributed by atoms with Gasteiger partial charge in [-0.2, -0.15) is 0 Å². The Balaban J connectivity index is 0.00000106. The minimum Gasteiger partial charge on any atom is -0.374 e.